The maximum Gasteiger partial charge on any atom is 0.332 e. The zero-order valence-electron chi connectivity index (χ0n) is 7.96. The number of hydrogen-bond acceptors (Lipinski definition) is 3. The minimum atomic E-state index is -0.878. The van der Waals surface area contributed by atoms with Gasteiger partial charge in [-0.1, -0.05) is 11.6 Å². The van der Waals surface area contributed by atoms with Crippen LogP contribution >= 0.6 is 27.5 Å². The molecule has 0 saturated heterocycles. The Kier molecular flexibility index (Phi) is 2.88. The molecule has 0 fully saturated rings. The van der Waals surface area contributed by atoms with Crippen LogP contribution in [0.3, 0.4) is 0 Å². The number of aromatic nitrogens is 1. The molecular formula is C9H3BrClFN2O3. The summed E-state index contributed by atoms with van der Waals surface area (Å²) >= 11 is 8.60. The molecule has 0 aliphatic heterocycles. The van der Waals surface area contributed by atoms with Gasteiger partial charge in [-0.05, 0) is 22.0 Å². The molecule has 0 aliphatic carbocycles. The summed E-state index contributed by atoms with van der Waals surface area (Å²) in [6.07, 6.45) is 0.855. The predicted octanol–water partition coefficient (Wildman–Crippen LogP) is 2.99. The smallest absolute Gasteiger partial charge is 0.332 e. The van der Waals surface area contributed by atoms with Crippen LogP contribution in [-0.4, -0.2) is 9.91 Å². The summed E-state index contributed by atoms with van der Waals surface area (Å²) in [5.74, 6) is -0.764. The van der Waals surface area contributed by atoms with Gasteiger partial charge in [0.25, 0.3) is 5.43 Å². The third kappa shape index (κ3) is 1.81. The maximum absolute atomic E-state index is 13.7. The summed E-state index contributed by atoms with van der Waals surface area (Å²) in [6, 6.07) is 1.18. The highest BCUT2D eigenvalue weighted by Crippen LogP contribution is 2.30. The fourth-order valence-electron chi connectivity index (χ4n) is 1.39. The van der Waals surface area contributed by atoms with E-state index < -0.39 is 21.9 Å². The van der Waals surface area contributed by atoms with E-state index in [1.54, 1.807) is 0 Å². The summed E-state index contributed by atoms with van der Waals surface area (Å²) in [4.78, 5) is 23.8. The largest absolute Gasteiger partial charge is 0.353 e. The second-order valence-electron chi connectivity index (χ2n) is 3.17. The lowest BCUT2D eigenvalue weighted by atomic mass is 10.2. The van der Waals surface area contributed by atoms with Crippen molar-refractivity contribution in [3.8, 4) is 0 Å². The van der Waals surface area contributed by atoms with Crippen LogP contribution in [0.4, 0.5) is 10.1 Å². The Bertz CT molecular complexity index is 701. The first kappa shape index (κ1) is 12.0. The molecule has 0 atom stereocenters. The molecule has 2 rings (SSSR count). The van der Waals surface area contributed by atoms with Crippen LogP contribution in [0.1, 0.15) is 0 Å². The van der Waals surface area contributed by atoms with Gasteiger partial charge < -0.3 is 4.98 Å². The van der Waals surface area contributed by atoms with Crippen LogP contribution in [0.2, 0.25) is 5.02 Å². The molecule has 0 bridgehead atoms. The maximum atomic E-state index is 13.7. The van der Waals surface area contributed by atoms with Crippen molar-refractivity contribution < 1.29 is 9.31 Å². The number of halogens is 3. The average Bonchev–Trinajstić information content (AvgIpc) is 2.27. The first-order valence-electron chi connectivity index (χ1n) is 4.26. The second-order valence-corrected chi connectivity index (χ2v) is 4.37. The molecule has 1 heterocycles. The number of pyridine rings is 1. The molecule has 0 amide bonds. The van der Waals surface area contributed by atoms with E-state index in [1.165, 1.54) is 6.07 Å². The van der Waals surface area contributed by atoms with Gasteiger partial charge in [0.05, 0.1) is 31.5 Å². The van der Waals surface area contributed by atoms with Crippen molar-refractivity contribution in [3.63, 3.8) is 0 Å². The van der Waals surface area contributed by atoms with E-state index in [2.05, 4.69) is 20.9 Å². The number of nitrogens with zero attached hydrogens (tertiary/aromatic N) is 1. The molecule has 0 radical (unpaired) electrons. The third-order valence-electron chi connectivity index (χ3n) is 2.19. The molecule has 1 aromatic heterocycles. The molecule has 1 N–H and O–H groups in total. The molecule has 17 heavy (non-hydrogen) atoms. The monoisotopic (exact) mass is 320 g/mol. The lowest BCUT2D eigenvalue weighted by Gasteiger charge is -2.03. The van der Waals surface area contributed by atoms with Gasteiger partial charge in [0.15, 0.2) is 5.82 Å². The summed E-state index contributed by atoms with van der Waals surface area (Å²) in [6.45, 7) is 0. The molecule has 0 spiro atoms. The van der Waals surface area contributed by atoms with Crippen molar-refractivity contribution >= 4 is 44.1 Å². The van der Waals surface area contributed by atoms with Gasteiger partial charge in [-0.3, -0.25) is 14.9 Å². The van der Waals surface area contributed by atoms with E-state index in [-0.39, 0.29) is 20.4 Å². The van der Waals surface area contributed by atoms with E-state index in [0.717, 1.165) is 6.20 Å². The number of nitro groups is 1. The van der Waals surface area contributed by atoms with Gasteiger partial charge in [0.1, 0.15) is 0 Å². The molecule has 0 saturated carbocycles. The minimum Gasteiger partial charge on any atom is -0.353 e. The number of benzene rings is 1. The normalized spacial score (nSPS) is 10.8. The summed E-state index contributed by atoms with van der Waals surface area (Å²) in [5.41, 5.74) is -1.66. The molecular weight excluding hydrogens is 318 g/mol. The van der Waals surface area contributed by atoms with Crippen molar-refractivity contribution in [1.82, 2.24) is 4.98 Å². The second kappa shape index (κ2) is 4.08. The van der Waals surface area contributed by atoms with Crippen LogP contribution in [0.25, 0.3) is 10.9 Å². The van der Waals surface area contributed by atoms with E-state index in [1.807, 2.05) is 0 Å². The van der Waals surface area contributed by atoms with Crippen LogP contribution in [0.5, 0.6) is 0 Å². The van der Waals surface area contributed by atoms with Crippen LogP contribution in [-0.2, 0) is 0 Å². The zero-order valence-corrected chi connectivity index (χ0v) is 10.3. The Morgan fingerprint density at radius 1 is 1.53 bits per heavy atom. The summed E-state index contributed by atoms with van der Waals surface area (Å²) in [7, 11) is 0. The van der Waals surface area contributed by atoms with E-state index in [9.17, 15) is 19.3 Å². The van der Waals surface area contributed by atoms with Crippen LogP contribution in [0.15, 0.2) is 21.5 Å². The standard InChI is InChI=1S/C9H3BrClFN2O3/c10-6-4(11)1-3-8(7(6)12)13-2-5(9(3)15)14(16)17/h1-2H,(H,13,15). The van der Waals surface area contributed by atoms with Gasteiger partial charge in [-0.2, -0.15) is 0 Å². The van der Waals surface area contributed by atoms with Crippen LogP contribution < -0.4 is 5.43 Å². The van der Waals surface area contributed by atoms with E-state index >= 15 is 0 Å². The highest BCUT2D eigenvalue weighted by molar-refractivity contribution is 9.10. The molecule has 5 nitrogen and oxygen atoms in total. The van der Waals surface area contributed by atoms with Gasteiger partial charge in [0, 0.05) is 0 Å². The Labute approximate surface area is 106 Å². The lowest BCUT2D eigenvalue weighted by Crippen LogP contribution is -2.10. The third-order valence-corrected chi connectivity index (χ3v) is 3.49. The molecule has 0 aliphatic rings. The quantitative estimate of drug-likeness (QED) is 0.498. The Morgan fingerprint density at radius 3 is 2.76 bits per heavy atom. The first-order chi connectivity index (χ1) is 7.93. The predicted molar refractivity (Wildman–Crippen MR) is 63.9 cm³/mol. The Morgan fingerprint density at radius 2 is 2.18 bits per heavy atom. The Balaban J connectivity index is 2.98. The number of rotatable bonds is 1. The number of nitrogens with one attached hydrogen (secondary N) is 1. The zero-order chi connectivity index (χ0) is 12.7. The Hall–Kier alpha value is -1.47. The van der Waals surface area contributed by atoms with E-state index in [4.69, 9.17) is 11.6 Å². The average molecular weight is 321 g/mol. The van der Waals surface area contributed by atoms with Gasteiger partial charge >= 0.3 is 5.69 Å². The SMILES string of the molecule is O=c1c([N+](=O)[O-])c[nH]c2c(F)c(Br)c(Cl)cc12. The number of fused-ring (bicyclic) bond motifs is 1. The minimum absolute atomic E-state index is 0.00355. The van der Waals surface area contributed by atoms with Crippen molar-refractivity contribution in [1.29, 1.82) is 0 Å². The van der Waals surface area contributed by atoms with Gasteiger partial charge in [-0.15, -0.1) is 0 Å². The highest BCUT2D eigenvalue weighted by atomic mass is 79.9. The summed E-state index contributed by atoms with van der Waals surface area (Å²) in [5, 5.41) is 10.4. The molecule has 2 aromatic rings. The lowest BCUT2D eigenvalue weighted by molar-refractivity contribution is -0.386. The van der Waals surface area contributed by atoms with Crippen molar-refractivity contribution in [2.45, 2.75) is 0 Å². The fourth-order valence-corrected chi connectivity index (χ4v) is 1.90. The van der Waals surface area contributed by atoms with Crippen molar-refractivity contribution in [2.75, 3.05) is 0 Å². The topological polar surface area (TPSA) is 76.0 Å². The molecule has 0 unspecified atom stereocenters. The first-order valence-corrected chi connectivity index (χ1v) is 5.44. The van der Waals surface area contributed by atoms with Gasteiger partial charge in [0.2, 0.25) is 0 Å². The summed E-state index contributed by atoms with van der Waals surface area (Å²) < 4.78 is 13.7. The number of aromatic amines is 1. The van der Waals surface area contributed by atoms with Gasteiger partial charge in [-0.25, -0.2) is 4.39 Å². The molecule has 8 heteroatoms. The van der Waals surface area contributed by atoms with Crippen molar-refractivity contribution in [3.05, 3.63) is 47.9 Å². The van der Waals surface area contributed by atoms with Crippen LogP contribution in [0, 0.1) is 15.9 Å². The number of hydrogen-bond donors (Lipinski definition) is 1. The number of H-pyrrole nitrogens is 1. The van der Waals surface area contributed by atoms with Crippen molar-refractivity contribution in [2.24, 2.45) is 0 Å². The highest BCUT2D eigenvalue weighted by Gasteiger charge is 2.19. The molecule has 88 valence electrons. The fraction of sp³-hybridized carbons (Fsp3) is 0. The van der Waals surface area contributed by atoms with E-state index in [0.29, 0.717) is 0 Å². The molecule has 1 aromatic carbocycles.